The van der Waals surface area contributed by atoms with Crippen molar-refractivity contribution < 1.29 is 18.9 Å². The van der Waals surface area contributed by atoms with E-state index in [1.165, 1.54) is 11.1 Å². The first-order valence-corrected chi connectivity index (χ1v) is 8.57. The molecule has 1 aliphatic carbocycles. The van der Waals surface area contributed by atoms with Gasteiger partial charge in [-0.2, -0.15) is 0 Å². The fraction of sp³-hybridized carbons (Fsp3) is 0.526. The molecular formula is C19H25NO4. The van der Waals surface area contributed by atoms with E-state index in [1.807, 2.05) is 19.1 Å². The van der Waals surface area contributed by atoms with E-state index < -0.39 is 0 Å². The average Bonchev–Trinajstić information content (AvgIpc) is 2.66. The van der Waals surface area contributed by atoms with E-state index in [0.29, 0.717) is 32.3 Å². The first kappa shape index (κ1) is 17.1. The molecule has 1 aromatic heterocycles. The predicted molar refractivity (Wildman–Crippen MR) is 91.1 cm³/mol. The lowest BCUT2D eigenvalue weighted by Gasteiger charge is -2.31. The summed E-state index contributed by atoms with van der Waals surface area (Å²) in [4.78, 5) is 4.08. The van der Waals surface area contributed by atoms with Gasteiger partial charge < -0.3 is 18.9 Å². The smallest absolute Gasteiger partial charge is 0.138 e. The Morgan fingerprint density at radius 3 is 3.04 bits per heavy atom. The third kappa shape index (κ3) is 4.66. The molecule has 0 radical (unpaired) electrons. The fourth-order valence-electron chi connectivity index (χ4n) is 2.99. The Morgan fingerprint density at radius 1 is 1.33 bits per heavy atom. The Labute approximate surface area is 143 Å². The van der Waals surface area contributed by atoms with Gasteiger partial charge in [0.1, 0.15) is 18.5 Å². The lowest BCUT2D eigenvalue weighted by atomic mass is 9.87. The molecule has 24 heavy (non-hydrogen) atoms. The van der Waals surface area contributed by atoms with Crippen LogP contribution >= 0.6 is 0 Å². The van der Waals surface area contributed by atoms with E-state index in [9.17, 15) is 0 Å². The van der Waals surface area contributed by atoms with Crippen LogP contribution in [0.2, 0.25) is 0 Å². The molecule has 2 unspecified atom stereocenters. The molecule has 130 valence electrons. The van der Waals surface area contributed by atoms with Crippen LogP contribution in [0.4, 0.5) is 0 Å². The van der Waals surface area contributed by atoms with E-state index in [-0.39, 0.29) is 6.10 Å². The molecule has 2 aliphatic rings. The number of pyridine rings is 1. The van der Waals surface area contributed by atoms with E-state index >= 15 is 0 Å². The van der Waals surface area contributed by atoms with Gasteiger partial charge in [-0.15, -0.1) is 0 Å². The topological polar surface area (TPSA) is 49.8 Å². The molecule has 0 spiro atoms. The number of hydrogen-bond donors (Lipinski definition) is 0. The molecule has 1 aromatic rings. The summed E-state index contributed by atoms with van der Waals surface area (Å²) in [5.74, 6) is 1.16. The number of ether oxygens (including phenoxy) is 4. The Kier molecular flexibility index (Phi) is 6.41. The average molecular weight is 331 g/mol. The molecule has 0 amide bonds. The van der Waals surface area contributed by atoms with Gasteiger partial charge >= 0.3 is 0 Å². The monoisotopic (exact) mass is 331 g/mol. The normalized spacial score (nSPS) is 24.2. The van der Waals surface area contributed by atoms with Crippen molar-refractivity contribution in [1.29, 1.82) is 0 Å². The molecule has 5 nitrogen and oxygen atoms in total. The highest BCUT2D eigenvalue weighted by Gasteiger charge is 2.26. The second-order valence-corrected chi connectivity index (χ2v) is 5.95. The van der Waals surface area contributed by atoms with Crippen LogP contribution < -0.4 is 4.74 Å². The van der Waals surface area contributed by atoms with Gasteiger partial charge in [-0.1, -0.05) is 12.2 Å². The Hall–Kier alpha value is -1.69. The van der Waals surface area contributed by atoms with Crippen LogP contribution in [-0.2, 0) is 14.2 Å². The van der Waals surface area contributed by atoms with E-state index in [0.717, 1.165) is 25.4 Å². The molecule has 3 rings (SSSR count). The van der Waals surface area contributed by atoms with Gasteiger partial charge in [0.25, 0.3) is 0 Å². The predicted octanol–water partition coefficient (Wildman–Crippen LogP) is 2.79. The minimum absolute atomic E-state index is 0.0142. The lowest BCUT2D eigenvalue weighted by Crippen LogP contribution is -2.33. The number of hydrogen-bond acceptors (Lipinski definition) is 5. The highest BCUT2D eigenvalue weighted by Crippen LogP contribution is 2.29. The summed E-state index contributed by atoms with van der Waals surface area (Å²) in [5, 5.41) is 0. The molecule has 0 aromatic carbocycles. The lowest BCUT2D eigenvalue weighted by molar-refractivity contribution is -0.0745. The van der Waals surface area contributed by atoms with Gasteiger partial charge in [-0.25, -0.2) is 0 Å². The Morgan fingerprint density at radius 2 is 2.29 bits per heavy atom. The molecule has 1 fully saturated rings. The first-order chi connectivity index (χ1) is 11.9. The molecule has 1 saturated heterocycles. The van der Waals surface area contributed by atoms with Crippen molar-refractivity contribution in [3.8, 4) is 5.75 Å². The van der Waals surface area contributed by atoms with Gasteiger partial charge in [0.05, 0.1) is 32.6 Å². The molecule has 2 heterocycles. The molecule has 1 aliphatic heterocycles. The van der Waals surface area contributed by atoms with Crippen molar-refractivity contribution >= 4 is 0 Å². The van der Waals surface area contributed by atoms with Crippen LogP contribution in [-0.4, -0.2) is 50.7 Å². The summed E-state index contributed by atoms with van der Waals surface area (Å²) in [6.07, 6.45) is 8.77. The molecule has 0 N–H and O–H groups in total. The van der Waals surface area contributed by atoms with E-state index in [4.69, 9.17) is 18.9 Å². The van der Waals surface area contributed by atoms with Crippen LogP contribution in [0.3, 0.4) is 0 Å². The van der Waals surface area contributed by atoms with Crippen LogP contribution in [0.5, 0.6) is 5.75 Å². The quantitative estimate of drug-likeness (QED) is 0.769. The van der Waals surface area contributed by atoms with Crippen molar-refractivity contribution in [3.63, 3.8) is 0 Å². The SMILES string of the molecule is CCOCC1C=CC(COc2cccnc2)=C(C2COCCO2)C1. The highest BCUT2D eigenvalue weighted by atomic mass is 16.6. The number of nitrogens with zero attached hydrogens (tertiary/aromatic N) is 1. The largest absolute Gasteiger partial charge is 0.487 e. The summed E-state index contributed by atoms with van der Waals surface area (Å²) >= 11 is 0. The summed E-state index contributed by atoms with van der Waals surface area (Å²) in [5.41, 5.74) is 2.44. The van der Waals surface area contributed by atoms with Crippen LogP contribution in [0.25, 0.3) is 0 Å². The summed E-state index contributed by atoms with van der Waals surface area (Å²) < 4.78 is 23.0. The van der Waals surface area contributed by atoms with Crippen molar-refractivity contribution in [1.82, 2.24) is 4.98 Å². The summed E-state index contributed by atoms with van der Waals surface area (Å²) in [6.45, 7) is 5.94. The van der Waals surface area contributed by atoms with E-state index in [1.54, 1.807) is 12.4 Å². The van der Waals surface area contributed by atoms with Gasteiger partial charge in [-0.3, -0.25) is 4.98 Å². The maximum atomic E-state index is 5.93. The van der Waals surface area contributed by atoms with Crippen LogP contribution in [0.1, 0.15) is 13.3 Å². The van der Waals surface area contributed by atoms with Gasteiger partial charge in [0.15, 0.2) is 0 Å². The minimum Gasteiger partial charge on any atom is -0.487 e. The Balaban J connectivity index is 1.70. The summed E-state index contributed by atoms with van der Waals surface area (Å²) in [7, 11) is 0. The Bertz CT molecular complexity index is 564. The number of rotatable bonds is 7. The molecular weight excluding hydrogens is 306 g/mol. The highest BCUT2D eigenvalue weighted by molar-refractivity contribution is 5.35. The first-order valence-electron chi connectivity index (χ1n) is 8.57. The fourth-order valence-corrected chi connectivity index (χ4v) is 2.99. The van der Waals surface area contributed by atoms with Crippen LogP contribution in [0.15, 0.2) is 47.8 Å². The molecule has 0 bridgehead atoms. The van der Waals surface area contributed by atoms with Gasteiger partial charge in [-0.05, 0) is 36.6 Å². The second kappa shape index (κ2) is 8.97. The zero-order valence-corrected chi connectivity index (χ0v) is 14.1. The maximum Gasteiger partial charge on any atom is 0.138 e. The molecule has 5 heteroatoms. The van der Waals surface area contributed by atoms with Crippen LogP contribution in [0, 0.1) is 5.92 Å². The van der Waals surface area contributed by atoms with Gasteiger partial charge in [0, 0.05) is 18.7 Å². The summed E-state index contributed by atoms with van der Waals surface area (Å²) in [6, 6.07) is 3.79. The molecule has 2 atom stereocenters. The standard InChI is InChI=1S/C19H25NO4/c1-2-21-12-15-5-6-16(13-24-17-4-3-7-20-11-17)18(10-15)19-14-22-8-9-23-19/h3-7,11,15,19H,2,8-10,12-14H2,1H3. The van der Waals surface area contributed by atoms with Crippen molar-refractivity contribution in [2.45, 2.75) is 19.4 Å². The maximum absolute atomic E-state index is 5.93. The van der Waals surface area contributed by atoms with Gasteiger partial charge in [0.2, 0.25) is 0 Å². The van der Waals surface area contributed by atoms with E-state index in [2.05, 4.69) is 17.1 Å². The zero-order chi connectivity index (χ0) is 16.6. The van der Waals surface area contributed by atoms with Crippen molar-refractivity contribution in [3.05, 3.63) is 47.8 Å². The molecule has 0 saturated carbocycles. The second-order valence-electron chi connectivity index (χ2n) is 5.95. The number of aromatic nitrogens is 1. The van der Waals surface area contributed by atoms with Crippen molar-refractivity contribution in [2.75, 3.05) is 39.6 Å². The third-order valence-corrected chi connectivity index (χ3v) is 4.23. The van der Waals surface area contributed by atoms with Crippen molar-refractivity contribution in [2.24, 2.45) is 5.92 Å². The zero-order valence-electron chi connectivity index (χ0n) is 14.1. The third-order valence-electron chi connectivity index (χ3n) is 4.23. The minimum atomic E-state index is 0.0142.